The van der Waals surface area contributed by atoms with Crippen LogP contribution in [0.1, 0.15) is 23.6 Å². The van der Waals surface area contributed by atoms with Crippen molar-refractivity contribution in [3.8, 4) is 5.75 Å². The lowest BCUT2D eigenvalue weighted by Gasteiger charge is -2.41. The van der Waals surface area contributed by atoms with Crippen molar-refractivity contribution >= 4 is 11.6 Å². The average molecular weight is 352 g/mol. The van der Waals surface area contributed by atoms with Crippen LogP contribution in [-0.2, 0) is 16.1 Å². The molecule has 0 radical (unpaired) electrons. The molecule has 5 heteroatoms. The Morgan fingerprint density at radius 1 is 1.04 bits per heavy atom. The maximum absolute atomic E-state index is 12.2. The van der Waals surface area contributed by atoms with Gasteiger partial charge in [-0.2, -0.15) is 0 Å². The average Bonchev–Trinajstić information content (AvgIpc) is 2.68. The number of methoxy groups -OCH3 is 1. The first-order valence-electron chi connectivity index (χ1n) is 9.09. The fourth-order valence-corrected chi connectivity index (χ4v) is 3.61. The molecule has 2 fully saturated rings. The van der Waals surface area contributed by atoms with Crippen LogP contribution in [0.2, 0.25) is 0 Å². The molecule has 2 aromatic carbocycles. The van der Waals surface area contributed by atoms with E-state index in [0.717, 1.165) is 44.3 Å². The van der Waals surface area contributed by atoms with E-state index in [4.69, 9.17) is 9.47 Å². The lowest BCUT2D eigenvalue weighted by Crippen LogP contribution is -2.46. The Kier molecular flexibility index (Phi) is 4.91. The third kappa shape index (κ3) is 3.45. The molecule has 1 atom stereocenters. The van der Waals surface area contributed by atoms with Crippen LogP contribution in [-0.4, -0.2) is 44.2 Å². The fourth-order valence-electron chi connectivity index (χ4n) is 3.61. The van der Waals surface area contributed by atoms with Crippen LogP contribution in [0.3, 0.4) is 0 Å². The van der Waals surface area contributed by atoms with Crippen molar-refractivity contribution in [2.24, 2.45) is 0 Å². The van der Waals surface area contributed by atoms with Crippen LogP contribution >= 0.6 is 0 Å². The predicted octanol–water partition coefficient (Wildman–Crippen LogP) is 3.01. The third-order valence-corrected chi connectivity index (χ3v) is 5.17. The van der Waals surface area contributed by atoms with Crippen molar-refractivity contribution in [2.75, 3.05) is 38.3 Å². The van der Waals surface area contributed by atoms with Gasteiger partial charge in [-0.25, -0.2) is 0 Å². The molecular weight excluding hydrogens is 328 g/mol. The van der Waals surface area contributed by atoms with Crippen molar-refractivity contribution in [1.29, 1.82) is 0 Å². The molecule has 2 saturated heterocycles. The molecular formula is C21H24N2O3. The highest BCUT2D eigenvalue weighted by atomic mass is 16.5. The van der Waals surface area contributed by atoms with E-state index in [1.54, 1.807) is 7.11 Å². The molecule has 4 rings (SSSR count). The van der Waals surface area contributed by atoms with Crippen molar-refractivity contribution in [1.82, 2.24) is 4.90 Å². The molecule has 136 valence electrons. The lowest BCUT2D eigenvalue weighted by atomic mass is 9.92. The summed E-state index contributed by atoms with van der Waals surface area (Å²) in [6.45, 7) is 4.57. The number of carbonyl (C=O) groups is 1. The Bertz CT molecular complexity index is 752. The molecule has 1 unspecified atom stereocenters. The van der Waals surface area contributed by atoms with E-state index in [9.17, 15) is 4.79 Å². The van der Waals surface area contributed by atoms with E-state index < -0.39 is 0 Å². The van der Waals surface area contributed by atoms with Gasteiger partial charge in [0.15, 0.2) is 0 Å². The van der Waals surface area contributed by atoms with E-state index in [2.05, 4.69) is 29.2 Å². The van der Waals surface area contributed by atoms with Gasteiger partial charge in [0, 0.05) is 25.3 Å². The molecule has 0 aliphatic carbocycles. The number of morpholine rings is 1. The smallest absolute Gasteiger partial charge is 0.230 e. The molecule has 0 saturated carbocycles. The van der Waals surface area contributed by atoms with Gasteiger partial charge < -0.3 is 14.4 Å². The van der Waals surface area contributed by atoms with E-state index >= 15 is 0 Å². The first-order chi connectivity index (χ1) is 12.7. The molecule has 0 aromatic heterocycles. The van der Waals surface area contributed by atoms with Gasteiger partial charge in [-0.1, -0.05) is 24.3 Å². The number of β-lactam (4-membered cyclic amide) rings is 1. The van der Waals surface area contributed by atoms with Crippen molar-refractivity contribution < 1.29 is 14.3 Å². The SMILES string of the molecule is COc1ccc(N2C(=O)CC2c2ccc(CN3CCOCC3)cc2)cc1. The first-order valence-corrected chi connectivity index (χ1v) is 9.09. The number of anilines is 1. The Morgan fingerprint density at radius 3 is 2.35 bits per heavy atom. The molecule has 2 aliphatic heterocycles. The van der Waals surface area contributed by atoms with Crippen molar-refractivity contribution in [2.45, 2.75) is 19.0 Å². The quantitative estimate of drug-likeness (QED) is 0.776. The number of benzene rings is 2. The summed E-state index contributed by atoms with van der Waals surface area (Å²) in [5, 5.41) is 0. The Morgan fingerprint density at radius 2 is 1.73 bits per heavy atom. The predicted molar refractivity (Wildman–Crippen MR) is 100 cm³/mol. The highest BCUT2D eigenvalue weighted by molar-refractivity contribution is 6.01. The van der Waals surface area contributed by atoms with Gasteiger partial charge in [0.1, 0.15) is 5.75 Å². The number of hydrogen-bond acceptors (Lipinski definition) is 4. The maximum atomic E-state index is 12.2. The minimum Gasteiger partial charge on any atom is -0.497 e. The molecule has 26 heavy (non-hydrogen) atoms. The van der Waals surface area contributed by atoms with E-state index in [1.807, 2.05) is 29.2 Å². The van der Waals surface area contributed by atoms with Gasteiger partial charge in [-0.3, -0.25) is 9.69 Å². The Balaban J connectivity index is 1.45. The first kappa shape index (κ1) is 17.1. The molecule has 0 bridgehead atoms. The number of rotatable bonds is 5. The number of nitrogens with zero attached hydrogens (tertiary/aromatic N) is 2. The summed E-state index contributed by atoms with van der Waals surface area (Å²) >= 11 is 0. The highest BCUT2D eigenvalue weighted by Crippen LogP contribution is 2.39. The lowest BCUT2D eigenvalue weighted by molar-refractivity contribution is -0.124. The number of ether oxygens (including phenoxy) is 2. The van der Waals surface area contributed by atoms with Crippen LogP contribution in [0.15, 0.2) is 48.5 Å². The molecule has 0 N–H and O–H groups in total. The second-order valence-corrected chi connectivity index (χ2v) is 6.81. The molecule has 2 aliphatic rings. The van der Waals surface area contributed by atoms with E-state index in [1.165, 1.54) is 11.1 Å². The molecule has 1 amide bonds. The van der Waals surface area contributed by atoms with Gasteiger partial charge in [0.2, 0.25) is 5.91 Å². The monoisotopic (exact) mass is 352 g/mol. The molecule has 2 heterocycles. The van der Waals surface area contributed by atoms with Gasteiger partial charge in [0.25, 0.3) is 0 Å². The summed E-state index contributed by atoms with van der Waals surface area (Å²) in [5.41, 5.74) is 3.41. The number of amides is 1. The summed E-state index contributed by atoms with van der Waals surface area (Å²) in [6, 6.07) is 16.5. The second kappa shape index (κ2) is 7.48. The zero-order chi connectivity index (χ0) is 17.9. The van der Waals surface area contributed by atoms with Gasteiger partial charge >= 0.3 is 0 Å². The molecule has 5 nitrogen and oxygen atoms in total. The standard InChI is InChI=1S/C21H24N2O3/c1-25-19-8-6-18(7-9-19)23-20(14-21(23)24)17-4-2-16(3-5-17)15-22-10-12-26-13-11-22/h2-9,20H,10-15H2,1H3. The number of hydrogen-bond donors (Lipinski definition) is 0. The topological polar surface area (TPSA) is 42.0 Å². The van der Waals surface area contributed by atoms with Gasteiger partial charge in [-0.15, -0.1) is 0 Å². The maximum Gasteiger partial charge on any atom is 0.230 e. The van der Waals surface area contributed by atoms with Crippen LogP contribution in [0.4, 0.5) is 5.69 Å². The van der Waals surface area contributed by atoms with Crippen LogP contribution in [0.25, 0.3) is 0 Å². The van der Waals surface area contributed by atoms with Crippen LogP contribution < -0.4 is 9.64 Å². The minimum absolute atomic E-state index is 0.119. The fraction of sp³-hybridized carbons (Fsp3) is 0.381. The normalized spacial score (nSPS) is 20.7. The largest absolute Gasteiger partial charge is 0.497 e. The molecule has 0 spiro atoms. The van der Waals surface area contributed by atoms with Gasteiger partial charge in [0.05, 0.1) is 32.8 Å². The van der Waals surface area contributed by atoms with Crippen molar-refractivity contribution in [3.05, 3.63) is 59.7 Å². The number of carbonyl (C=O) groups excluding carboxylic acids is 1. The van der Waals surface area contributed by atoms with E-state index in [0.29, 0.717) is 6.42 Å². The highest BCUT2D eigenvalue weighted by Gasteiger charge is 2.38. The zero-order valence-corrected chi connectivity index (χ0v) is 15.1. The van der Waals surface area contributed by atoms with Crippen LogP contribution in [0, 0.1) is 0 Å². The summed E-state index contributed by atoms with van der Waals surface area (Å²) in [5.74, 6) is 0.961. The van der Waals surface area contributed by atoms with Crippen molar-refractivity contribution in [3.63, 3.8) is 0 Å². The molecule has 2 aromatic rings. The zero-order valence-electron chi connectivity index (χ0n) is 15.1. The van der Waals surface area contributed by atoms with E-state index in [-0.39, 0.29) is 11.9 Å². The summed E-state index contributed by atoms with van der Waals surface area (Å²) < 4.78 is 10.6. The summed E-state index contributed by atoms with van der Waals surface area (Å²) in [4.78, 5) is 16.5. The third-order valence-electron chi connectivity index (χ3n) is 5.17. The Labute approximate surface area is 154 Å². The van der Waals surface area contributed by atoms with Gasteiger partial charge in [-0.05, 0) is 35.4 Å². The second-order valence-electron chi connectivity index (χ2n) is 6.81. The summed E-state index contributed by atoms with van der Waals surface area (Å²) in [6.07, 6.45) is 0.564. The Hall–Kier alpha value is -2.37. The summed E-state index contributed by atoms with van der Waals surface area (Å²) in [7, 11) is 1.64. The van der Waals surface area contributed by atoms with Crippen LogP contribution in [0.5, 0.6) is 5.75 Å². The minimum atomic E-state index is 0.119.